The number of sulfonamides is 1. The van der Waals surface area contributed by atoms with Crippen LogP contribution in [0.4, 0.5) is 10.1 Å². The van der Waals surface area contributed by atoms with Gasteiger partial charge in [0, 0.05) is 6.42 Å². The first-order chi connectivity index (χ1) is 14.0. The topological polar surface area (TPSA) is 90.3 Å². The van der Waals surface area contributed by atoms with Gasteiger partial charge >= 0.3 is 5.97 Å². The number of nitrogens with zero attached hydrogens (tertiary/aromatic N) is 2. The average Bonchev–Trinajstić information content (AvgIpc) is 2.97. The van der Waals surface area contributed by atoms with Crippen LogP contribution in [0.1, 0.15) is 33.5 Å². The molecule has 30 heavy (non-hydrogen) atoms. The summed E-state index contributed by atoms with van der Waals surface area (Å²) in [6.07, 6.45) is 0.591. The summed E-state index contributed by atoms with van der Waals surface area (Å²) in [5, 5.41) is 0. The number of hydrogen-bond acceptors (Lipinski definition) is 5. The molecule has 1 N–H and O–H groups in total. The Labute approximate surface area is 174 Å². The number of imidazole rings is 1. The zero-order valence-corrected chi connectivity index (χ0v) is 18.1. The van der Waals surface area contributed by atoms with E-state index in [9.17, 15) is 17.6 Å². The highest BCUT2D eigenvalue weighted by molar-refractivity contribution is 7.92. The van der Waals surface area contributed by atoms with Crippen molar-refractivity contribution in [1.29, 1.82) is 0 Å². The lowest BCUT2D eigenvalue weighted by atomic mass is 10.2. The lowest BCUT2D eigenvalue weighted by Gasteiger charge is -2.20. The van der Waals surface area contributed by atoms with Crippen molar-refractivity contribution in [3.05, 3.63) is 54.1 Å². The van der Waals surface area contributed by atoms with Gasteiger partial charge in [0.15, 0.2) is 0 Å². The number of carbonyl (C=O) groups is 1. The summed E-state index contributed by atoms with van der Waals surface area (Å²) in [5.41, 5.74) is 0.972. The van der Waals surface area contributed by atoms with E-state index in [0.717, 1.165) is 12.1 Å². The van der Waals surface area contributed by atoms with Gasteiger partial charge in [0.2, 0.25) is 0 Å². The molecule has 9 heteroatoms. The fourth-order valence-corrected chi connectivity index (χ4v) is 4.07. The van der Waals surface area contributed by atoms with Crippen molar-refractivity contribution in [1.82, 2.24) is 9.55 Å². The van der Waals surface area contributed by atoms with E-state index in [-0.39, 0.29) is 17.4 Å². The van der Waals surface area contributed by atoms with Crippen molar-refractivity contribution in [3.8, 4) is 0 Å². The Morgan fingerprint density at radius 2 is 1.83 bits per heavy atom. The number of nitrogens with one attached hydrogen (secondary N) is 1. The average molecular weight is 434 g/mol. The Bertz CT molecular complexity index is 1180. The second kappa shape index (κ2) is 8.06. The molecule has 3 aromatic rings. The van der Waals surface area contributed by atoms with Crippen molar-refractivity contribution in [2.24, 2.45) is 0 Å². The molecule has 0 saturated carbocycles. The first kappa shape index (κ1) is 21.8. The largest absolute Gasteiger partial charge is 0.459 e. The van der Waals surface area contributed by atoms with Crippen LogP contribution < -0.4 is 4.72 Å². The molecule has 0 radical (unpaired) electrons. The van der Waals surface area contributed by atoms with Crippen LogP contribution >= 0.6 is 0 Å². The molecule has 0 fully saturated rings. The molecular weight excluding hydrogens is 409 g/mol. The number of halogens is 1. The van der Waals surface area contributed by atoms with E-state index in [1.165, 1.54) is 12.1 Å². The zero-order valence-electron chi connectivity index (χ0n) is 17.3. The van der Waals surface area contributed by atoms with E-state index in [2.05, 4.69) is 9.71 Å². The van der Waals surface area contributed by atoms with E-state index in [1.807, 2.05) is 6.92 Å². The van der Waals surface area contributed by atoms with Crippen LogP contribution in [0.25, 0.3) is 11.0 Å². The molecule has 0 atom stereocenters. The van der Waals surface area contributed by atoms with Gasteiger partial charge in [0.25, 0.3) is 10.0 Å². The van der Waals surface area contributed by atoms with Gasteiger partial charge in [0.05, 0.1) is 21.6 Å². The van der Waals surface area contributed by atoms with Crippen molar-refractivity contribution >= 4 is 32.7 Å². The van der Waals surface area contributed by atoms with Crippen molar-refractivity contribution in [3.63, 3.8) is 0 Å². The molecule has 1 heterocycles. The fraction of sp³-hybridized carbons (Fsp3) is 0.333. The maximum atomic E-state index is 13.1. The van der Waals surface area contributed by atoms with Gasteiger partial charge in [-0.25, -0.2) is 17.8 Å². The Hall–Kier alpha value is -2.94. The first-order valence-electron chi connectivity index (χ1n) is 9.48. The quantitative estimate of drug-likeness (QED) is 0.596. The van der Waals surface area contributed by atoms with Gasteiger partial charge in [-0.2, -0.15) is 0 Å². The third kappa shape index (κ3) is 4.96. The SMILES string of the molecule is CCc1nc2cc(NS(=O)(=O)c3ccc(F)cc3)ccc2n1CC(=O)OC(C)(C)C. The number of fused-ring (bicyclic) bond motifs is 1. The summed E-state index contributed by atoms with van der Waals surface area (Å²) in [6, 6.07) is 9.46. The number of aryl methyl sites for hydroxylation is 1. The third-order valence-electron chi connectivity index (χ3n) is 4.23. The summed E-state index contributed by atoms with van der Waals surface area (Å²) < 4.78 is 47.8. The number of carbonyl (C=O) groups excluding carboxylic acids is 1. The van der Waals surface area contributed by atoms with E-state index in [0.29, 0.717) is 29.0 Å². The minimum atomic E-state index is -3.87. The first-order valence-corrected chi connectivity index (χ1v) is 11.0. The molecule has 0 bridgehead atoms. The second-order valence-electron chi connectivity index (χ2n) is 7.82. The molecule has 0 aliphatic carbocycles. The van der Waals surface area contributed by atoms with Crippen molar-refractivity contribution in [2.75, 3.05) is 4.72 Å². The van der Waals surface area contributed by atoms with Gasteiger partial charge in [-0.05, 0) is 63.2 Å². The molecule has 0 amide bonds. The minimum Gasteiger partial charge on any atom is -0.459 e. The molecule has 2 aromatic carbocycles. The second-order valence-corrected chi connectivity index (χ2v) is 9.50. The number of rotatable bonds is 6. The number of hydrogen-bond donors (Lipinski definition) is 1. The third-order valence-corrected chi connectivity index (χ3v) is 5.62. The van der Waals surface area contributed by atoms with Crippen LogP contribution in [0.2, 0.25) is 0 Å². The Balaban J connectivity index is 1.90. The molecule has 0 saturated heterocycles. The molecule has 0 spiro atoms. The van der Waals surface area contributed by atoms with Crippen molar-refractivity contribution in [2.45, 2.75) is 51.2 Å². The molecule has 0 aliphatic rings. The molecule has 0 aliphatic heterocycles. The van der Waals surface area contributed by atoms with Gasteiger partial charge in [0.1, 0.15) is 23.8 Å². The molecule has 0 unspecified atom stereocenters. The van der Waals surface area contributed by atoms with Crippen LogP contribution in [-0.4, -0.2) is 29.5 Å². The maximum Gasteiger partial charge on any atom is 0.326 e. The Morgan fingerprint density at radius 3 is 2.43 bits per heavy atom. The number of esters is 1. The Kier molecular flexibility index (Phi) is 5.85. The van der Waals surface area contributed by atoms with E-state index >= 15 is 0 Å². The fourth-order valence-electron chi connectivity index (χ4n) is 3.02. The molecule has 3 rings (SSSR count). The van der Waals surface area contributed by atoms with Gasteiger partial charge in [-0.3, -0.25) is 9.52 Å². The minimum absolute atomic E-state index is 0.0115. The highest BCUT2D eigenvalue weighted by Gasteiger charge is 2.20. The van der Waals surface area contributed by atoms with E-state index in [4.69, 9.17) is 4.74 Å². The monoisotopic (exact) mass is 433 g/mol. The highest BCUT2D eigenvalue weighted by Crippen LogP contribution is 2.24. The summed E-state index contributed by atoms with van der Waals surface area (Å²) in [5.74, 6) is -0.204. The van der Waals surface area contributed by atoms with Crippen LogP contribution in [0.15, 0.2) is 47.4 Å². The number of anilines is 1. The van der Waals surface area contributed by atoms with Gasteiger partial charge in [-0.15, -0.1) is 0 Å². The number of ether oxygens (including phenoxy) is 1. The zero-order chi connectivity index (χ0) is 22.1. The smallest absolute Gasteiger partial charge is 0.326 e. The molecule has 1 aromatic heterocycles. The van der Waals surface area contributed by atoms with Crippen LogP contribution in [-0.2, 0) is 32.5 Å². The summed E-state index contributed by atoms with van der Waals surface area (Å²) in [6.45, 7) is 7.34. The van der Waals surface area contributed by atoms with E-state index in [1.54, 1.807) is 43.5 Å². The molecule has 7 nitrogen and oxygen atoms in total. The van der Waals surface area contributed by atoms with Gasteiger partial charge in [-0.1, -0.05) is 6.92 Å². The highest BCUT2D eigenvalue weighted by atomic mass is 32.2. The summed E-state index contributed by atoms with van der Waals surface area (Å²) >= 11 is 0. The van der Waals surface area contributed by atoms with Gasteiger partial charge < -0.3 is 9.30 Å². The standard InChI is InChI=1S/C21H24FN3O4S/c1-5-19-23-17-12-15(24-30(27,28)16-9-6-14(22)7-10-16)8-11-18(17)25(19)13-20(26)29-21(2,3)4/h6-12,24H,5,13H2,1-4H3. The molecule has 160 valence electrons. The predicted octanol–water partition coefficient (Wildman–Crippen LogP) is 3.88. The molecular formula is C21H24FN3O4S. The maximum absolute atomic E-state index is 13.1. The van der Waals surface area contributed by atoms with Crippen LogP contribution in [0.5, 0.6) is 0 Å². The summed E-state index contributed by atoms with van der Waals surface area (Å²) in [4.78, 5) is 16.8. The summed E-state index contributed by atoms with van der Waals surface area (Å²) in [7, 11) is -3.87. The number of benzene rings is 2. The van der Waals surface area contributed by atoms with Crippen LogP contribution in [0, 0.1) is 5.82 Å². The number of aromatic nitrogens is 2. The van der Waals surface area contributed by atoms with Crippen molar-refractivity contribution < 1.29 is 22.3 Å². The lowest BCUT2D eigenvalue weighted by molar-refractivity contribution is -0.155. The Morgan fingerprint density at radius 1 is 1.17 bits per heavy atom. The lowest BCUT2D eigenvalue weighted by Crippen LogP contribution is -2.27. The van der Waals surface area contributed by atoms with E-state index < -0.39 is 21.4 Å². The normalized spacial score (nSPS) is 12.2. The predicted molar refractivity (Wildman–Crippen MR) is 112 cm³/mol. The van der Waals surface area contributed by atoms with Crippen LogP contribution in [0.3, 0.4) is 0 Å².